The normalized spacial score (nSPS) is 13.9. The minimum atomic E-state index is -1.07. The third-order valence-electron chi connectivity index (χ3n) is 6.29. The summed E-state index contributed by atoms with van der Waals surface area (Å²) in [6.07, 6.45) is 1.09. The van der Waals surface area contributed by atoms with Gasteiger partial charge in [0.1, 0.15) is 0 Å². The first-order valence-electron chi connectivity index (χ1n) is 11.9. The van der Waals surface area contributed by atoms with Crippen molar-refractivity contribution in [2.75, 3.05) is 48.8 Å². The van der Waals surface area contributed by atoms with E-state index in [1.807, 2.05) is 18.2 Å². The van der Waals surface area contributed by atoms with Crippen molar-refractivity contribution >= 4 is 28.9 Å². The molecule has 8 heteroatoms. The Morgan fingerprint density at radius 3 is 2.50 bits per heavy atom. The van der Waals surface area contributed by atoms with E-state index in [2.05, 4.69) is 33.6 Å². The largest absolute Gasteiger partial charge is 0.478 e. The molecule has 0 aliphatic carbocycles. The number of anilines is 3. The average Bonchev–Trinajstić information content (AvgIpc) is 3.12. The second-order valence-electron chi connectivity index (χ2n) is 8.87. The first-order valence-corrected chi connectivity index (χ1v) is 11.9. The third-order valence-corrected chi connectivity index (χ3v) is 6.29. The lowest BCUT2D eigenvalue weighted by atomic mass is 10.1. The van der Waals surface area contributed by atoms with Crippen LogP contribution >= 0.6 is 0 Å². The lowest BCUT2D eigenvalue weighted by Crippen LogP contribution is -2.28. The van der Waals surface area contributed by atoms with Crippen LogP contribution < -0.4 is 15.5 Å². The lowest BCUT2D eigenvalue weighted by molar-refractivity contribution is 0.0696. The van der Waals surface area contributed by atoms with Gasteiger partial charge in [0.05, 0.1) is 17.2 Å². The highest BCUT2D eigenvalue weighted by Gasteiger charge is 2.15. The van der Waals surface area contributed by atoms with Gasteiger partial charge in [-0.05, 0) is 80.2 Å². The van der Waals surface area contributed by atoms with Crippen molar-refractivity contribution in [3.05, 3.63) is 89.0 Å². The Kier molecular flexibility index (Phi) is 7.83. The predicted octanol–water partition coefficient (Wildman–Crippen LogP) is 4.26. The standard InChI is InChI=1S/C28H29N5O3/c1-32-12-3-13-33(15-14-32)25-10-8-21(9-11-25)27(34)31-26-17-22(28(35)36)6-7-23(26)19-30-24-5-2-4-20(16-24)18-29/h2,4-11,16-17,30H,3,12-15,19H2,1H3,(H,31,34)(H,35,36). The van der Waals surface area contributed by atoms with Gasteiger partial charge in [0.15, 0.2) is 0 Å². The highest BCUT2D eigenvalue weighted by Crippen LogP contribution is 2.23. The molecule has 0 saturated carbocycles. The van der Waals surface area contributed by atoms with Crippen LogP contribution in [-0.4, -0.2) is 55.1 Å². The summed E-state index contributed by atoms with van der Waals surface area (Å²) in [7, 11) is 2.13. The fourth-order valence-electron chi connectivity index (χ4n) is 4.20. The molecule has 1 aliphatic heterocycles. The molecule has 36 heavy (non-hydrogen) atoms. The Bertz CT molecular complexity index is 1280. The van der Waals surface area contributed by atoms with Gasteiger partial charge in [-0.15, -0.1) is 0 Å². The van der Waals surface area contributed by atoms with Gasteiger partial charge in [0.2, 0.25) is 0 Å². The van der Waals surface area contributed by atoms with E-state index in [1.165, 1.54) is 12.1 Å². The monoisotopic (exact) mass is 483 g/mol. The molecular weight excluding hydrogens is 454 g/mol. The van der Waals surface area contributed by atoms with Gasteiger partial charge in [0, 0.05) is 48.8 Å². The van der Waals surface area contributed by atoms with Gasteiger partial charge in [0.25, 0.3) is 5.91 Å². The molecule has 1 heterocycles. The molecule has 0 atom stereocenters. The summed E-state index contributed by atoms with van der Waals surface area (Å²) in [5.41, 5.74) is 4.09. The Morgan fingerprint density at radius 1 is 0.972 bits per heavy atom. The van der Waals surface area contributed by atoms with E-state index in [4.69, 9.17) is 5.26 Å². The molecular formula is C28H29N5O3. The van der Waals surface area contributed by atoms with Crippen LogP contribution in [0, 0.1) is 11.3 Å². The van der Waals surface area contributed by atoms with Crippen molar-refractivity contribution in [1.29, 1.82) is 5.26 Å². The predicted molar refractivity (Wildman–Crippen MR) is 141 cm³/mol. The van der Waals surface area contributed by atoms with Crippen LogP contribution in [0.3, 0.4) is 0 Å². The van der Waals surface area contributed by atoms with E-state index < -0.39 is 5.97 Å². The third kappa shape index (κ3) is 6.20. The Morgan fingerprint density at radius 2 is 1.75 bits per heavy atom. The smallest absolute Gasteiger partial charge is 0.335 e. The fraction of sp³-hybridized carbons (Fsp3) is 0.250. The minimum absolute atomic E-state index is 0.0852. The van der Waals surface area contributed by atoms with Crippen molar-refractivity contribution in [3.63, 3.8) is 0 Å². The van der Waals surface area contributed by atoms with Crippen molar-refractivity contribution in [3.8, 4) is 6.07 Å². The number of carbonyl (C=O) groups excluding carboxylic acids is 1. The maximum Gasteiger partial charge on any atom is 0.335 e. The number of rotatable bonds is 7. The van der Waals surface area contributed by atoms with Crippen LogP contribution in [0.1, 0.15) is 38.3 Å². The zero-order valence-electron chi connectivity index (χ0n) is 20.2. The number of likely N-dealkylation sites (N-methyl/N-ethyl adjacent to an activating group) is 1. The highest BCUT2D eigenvalue weighted by molar-refractivity contribution is 6.05. The first-order chi connectivity index (χ1) is 17.4. The molecule has 8 nitrogen and oxygen atoms in total. The summed E-state index contributed by atoms with van der Waals surface area (Å²) in [6, 6.07) is 21.3. The molecule has 1 aliphatic rings. The van der Waals surface area contributed by atoms with Gasteiger partial charge in [-0.3, -0.25) is 4.79 Å². The zero-order chi connectivity index (χ0) is 25.5. The number of nitriles is 1. The quantitative estimate of drug-likeness (QED) is 0.461. The van der Waals surface area contributed by atoms with Crippen molar-refractivity contribution in [2.45, 2.75) is 13.0 Å². The van der Waals surface area contributed by atoms with Crippen molar-refractivity contribution in [1.82, 2.24) is 4.90 Å². The lowest BCUT2D eigenvalue weighted by Gasteiger charge is -2.23. The Hall–Kier alpha value is -4.35. The molecule has 3 aromatic rings. The SMILES string of the molecule is CN1CCCN(c2ccc(C(=O)Nc3cc(C(=O)O)ccc3CNc3cccc(C#N)c3)cc2)CC1. The van der Waals surface area contributed by atoms with Crippen LogP contribution in [0.4, 0.5) is 17.1 Å². The molecule has 0 bridgehead atoms. The minimum Gasteiger partial charge on any atom is -0.478 e. The van der Waals surface area contributed by atoms with Gasteiger partial charge < -0.3 is 25.5 Å². The topological polar surface area (TPSA) is 109 Å². The van der Waals surface area contributed by atoms with Crippen LogP contribution in [-0.2, 0) is 6.54 Å². The van der Waals surface area contributed by atoms with Crippen LogP contribution in [0.25, 0.3) is 0 Å². The maximum atomic E-state index is 13.1. The van der Waals surface area contributed by atoms with Crippen LogP contribution in [0.15, 0.2) is 66.7 Å². The second kappa shape index (κ2) is 11.4. The molecule has 4 rings (SSSR count). The van der Waals surface area contributed by atoms with Gasteiger partial charge in [-0.2, -0.15) is 5.26 Å². The number of carbonyl (C=O) groups is 2. The summed E-state index contributed by atoms with van der Waals surface area (Å²) in [6.45, 7) is 4.34. The number of aromatic carboxylic acids is 1. The Labute approximate surface area is 210 Å². The molecule has 0 unspecified atom stereocenters. The second-order valence-corrected chi connectivity index (χ2v) is 8.87. The number of nitrogens with one attached hydrogen (secondary N) is 2. The molecule has 1 amide bonds. The highest BCUT2D eigenvalue weighted by atomic mass is 16.4. The molecule has 1 saturated heterocycles. The van der Waals surface area contributed by atoms with Gasteiger partial charge in [-0.25, -0.2) is 4.79 Å². The summed E-state index contributed by atoms with van der Waals surface area (Å²) in [5, 5.41) is 24.7. The van der Waals surface area contributed by atoms with Gasteiger partial charge >= 0.3 is 5.97 Å². The van der Waals surface area contributed by atoms with E-state index in [-0.39, 0.29) is 11.5 Å². The van der Waals surface area contributed by atoms with E-state index in [0.29, 0.717) is 23.4 Å². The molecule has 3 N–H and O–H groups in total. The van der Waals surface area contributed by atoms with Crippen LogP contribution in [0.2, 0.25) is 0 Å². The number of carboxylic acid groups (broad SMARTS) is 1. The number of hydrogen-bond acceptors (Lipinski definition) is 6. The molecule has 184 valence electrons. The first kappa shape index (κ1) is 24.8. The number of amides is 1. The van der Waals surface area contributed by atoms with Crippen LogP contribution in [0.5, 0.6) is 0 Å². The molecule has 0 spiro atoms. The Balaban J connectivity index is 1.49. The fourth-order valence-corrected chi connectivity index (χ4v) is 4.20. The maximum absolute atomic E-state index is 13.1. The van der Waals surface area contributed by atoms with E-state index in [0.717, 1.165) is 49.5 Å². The van der Waals surface area contributed by atoms with E-state index in [9.17, 15) is 14.7 Å². The number of hydrogen-bond donors (Lipinski definition) is 3. The summed E-state index contributed by atoms with van der Waals surface area (Å²) in [5.74, 6) is -1.38. The number of benzene rings is 3. The number of nitrogens with zero attached hydrogens (tertiary/aromatic N) is 3. The molecule has 3 aromatic carbocycles. The summed E-state index contributed by atoms with van der Waals surface area (Å²) >= 11 is 0. The van der Waals surface area contributed by atoms with E-state index >= 15 is 0 Å². The molecule has 0 radical (unpaired) electrons. The molecule has 1 fully saturated rings. The van der Waals surface area contributed by atoms with Crippen molar-refractivity contribution < 1.29 is 14.7 Å². The van der Waals surface area contributed by atoms with Gasteiger partial charge in [-0.1, -0.05) is 12.1 Å². The zero-order valence-corrected chi connectivity index (χ0v) is 20.2. The summed E-state index contributed by atoms with van der Waals surface area (Å²) in [4.78, 5) is 29.2. The summed E-state index contributed by atoms with van der Waals surface area (Å²) < 4.78 is 0. The number of carboxylic acids is 1. The molecule has 0 aromatic heterocycles. The van der Waals surface area contributed by atoms with Crippen molar-refractivity contribution in [2.24, 2.45) is 0 Å². The average molecular weight is 484 g/mol. The van der Waals surface area contributed by atoms with E-state index in [1.54, 1.807) is 36.4 Å².